The summed E-state index contributed by atoms with van der Waals surface area (Å²) in [5, 5.41) is 10.9. The number of amides is 1. The van der Waals surface area contributed by atoms with Gasteiger partial charge in [-0.2, -0.15) is 0 Å². The average Bonchev–Trinajstić information content (AvgIpc) is 3.17. The summed E-state index contributed by atoms with van der Waals surface area (Å²) in [6.45, 7) is 13.0. The van der Waals surface area contributed by atoms with Gasteiger partial charge in [0.05, 0.1) is 20.8 Å². The minimum absolute atomic E-state index is 0.0625. The van der Waals surface area contributed by atoms with Gasteiger partial charge in [-0.15, -0.1) is 0 Å². The molecule has 0 aliphatic carbocycles. The Hall–Kier alpha value is -4.04. The Balaban J connectivity index is 1.96. The van der Waals surface area contributed by atoms with Crippen LogP contribution in [0.1, 0.15) is 38.8 Å². The Labute approximate surface area is 250 Å². The number of nitrogens with zero attached hydrogens (tertiary/aromatic N) is 1. The first-order valence-electron chi connectivity index (χ1n) is 14.1. The molecular formula is C34H43NO6Si. The summed E-state index contributed by atoms with van der Waals surface area (Å²) >= 11 is 0. The Bertz CT molecular complexity index is 1400. The van der Waals surface area contributed by atoms with Gasteiger partial charge in [-0.05, 0) is 61.0 Å². The van der Waals surface area contributed by atoms with Crippen LogP contribution in [0.4, 0.5) is 0 Å². The second-order valence-corrected chi connectivity index (χ2v) is 16.5. The number of carbonyl (C=O) groups excluding carboxylic acids is 2. The van der Waals surface area contributed by atoms with Crippen molar-refractivity contribution in [3.8, 4) is 17.2 Å². The first-order chi connectivity index (χ1) is 19.8. The van der Waals surface area contributed by atoms with Crippen LogP contribution in [0.5, 0.6) is 17.2 Å². The molecule has 42 heavy (non-hydrogen) atoms. The number of Topliss-reactive ketones (excluding diaryl/α,β-unsaturated/α-hetero) is 1. The number of ether oxygens (including phenoxy) is 2. The van der Waals surface area contributed by atoms with E-state index in [9.17, 15) is 14.7 Å². The number of hydrogen-bond acceptors (Lipinski definition) is 6. The van der Waals surface area contributed by atoms with Crippen molar-refractivity contribution < 1.29 is 28.6 Å². The van der Waals surface area contributed by atoms with Crippen LogP contribution in [-0.4, -0.2) is 50.3 Å². The molecule has 1 heterocycles. The number of aliphatic hydroxyl groups is 1. The highest BCUT2D eigenvalue weighted by atomic mass is 28.4. The van der Waals surface area contributed by atoms with Gasteiger partial charge in [0, 0.05) is 18.1 Å². The predicted octanol–water partition coefficient (Wildman–Crippen LogP) is 7.11. The SMILES string of the molecule is C/C=C/C=C/C=C/C(O)=C1\C(=O)[C@H](Cc2ccc(O[Si](C)(C)C(C)(C)C)cc2)N(Cc2ccc(OC)cc2OC)C1=O. The normalized spacial score (nSPS) is 17.6. The first-order valence-corrected chi connectivity index (χ1v) is 17.0. The molecule has 1 saturated heterocycles. The van der Waals surface area contributed by atoms with Crippen LogP contribution in [-0.2, 0) is 22.6 Å². The molecule has 0 bridgehead atoms. The van der Waals surface area contributed by atoms with Crippen molar-refractivity contribution in [2.24, 2.45) is 0 Å². The molecule has 0 spiro atoms. The van der Waals surface area contributed by atoms with Crippen LogP contribution in [0.15, 0.2) is 90.3 Å². The van der Waals surface area contributed by atoms with E-state index in [0.717, 1.165) is 11.3 Å². The largest absolute Gasteiger partial charge is 0.544 e. The van der Waals surface area contributed by atoms with Crippen molar-refractivity contribution in [1.82, 2.24) is 4.90 Å². The lowest BCUT2D eigenvalue weighted by Crippen LogP contribution is -2.43. The van der Waals surface area contributed by atoms with Gasteiger partial charge in [-0.1, -0.05) is 63.3 Å². The lowest BCUT2D eigenvalue weighted by Gasteiger charge is -2.36. The quantitative estimate of drug-likeness (QED) is 0.0989. The van der Waals surface area contributed by atoms with E-state index in [1.54, 1.807) is 44.6 Å². The maximum Gasteiger partial charge on any atom is 0.262 e. The van der Waals surface area contributed by atoms with E-state index in [1.165, 1.54) is 11.0 Å². The third-order valence-electron chi connectivity index (χ3n) is 7.80. The van der Waals surface area contributed by atoms with E-state index < -0.39 is 26.0 Å². The fourth-order valence-corrected chi connectivity index (χ4v) is 5.35. The van der Waals surface area contributed by atoms with E-state index in [-0.39, 0.29) is 29.3 Å². The Morgan fingerprint density at radius 3 is 2.19 bits per heavy atom. The van der Waals surface area contributed by atoms with Gasteiger partial charge in [0.1, 0.15) is 34.6 Å². The van der Waals surface area contributed by atoms with Crippen LogP contribution in [0.2, 0.25) is 18.1 Å². The Morgan fingerprint density at radius 2 is 1.60 bits per heavy atom. The number of likely N-dealkylation sites (tertiary alicyclic amines) is 1. The molecule has 1 atom stereocenters. The topological polar surface area (TPSA) is 85.3 Å². The Kier molecular flexibility index (Phi) is 10.6. The second kappa shape index (κ2) is 13.7. The van der Waals surface area contributed by atoms with E-state index in [2.05, 4.69) is 33.9 Å². The van der Waals surface area contributed by atoms with Crippen molar-refractivity contribution in [3.05, 3.63) is 101 Å². The van der Waals surface area contributed by atoms with E-state index >= 15 is 0 Å². The van der Waals surface area contributed by atoms with Crippen LogP contribution in [0.25, 0.3) is 0 Å². The van der Waals surface area contributed by atoms with Gasteiger partial charge in [-0.25, -0.2) is 0 Å². The molecular weight excluding hydrogens is 546 g/mol. The van der Waals surface area contributed by atoms with Crippen LogP contribution >= 0.6 is 0 Å². The zero-order valence-corrected chi connectivity index (χ0v) is 26.9. The molecule has 3 rings (SSSR count). The van der Waals surface area contributed by atoms with Crippen molar-refractivity contribution in [2.75, 3.05) is 14.2 Å². The number of ketones is 1. The van der Waals surface area contributed by atoms with E-state index in [0.29, 0.717) is 17.1 Å². The van der Waals surface area contributed by atoms with Gasteiger partial charge in [0.25, 0.3) is 5.91 Å². The van der Waals surface area contributed by atoms with Gasteiger partial charge in [0.2, 0.25) is 8.32 Å². The highest BCUT2D eigenvalue weighted by molar-refractivity contribution is 6.74. The zero-order valence-electron chi connectivity index (χ0n) is 25.9. The van der Waals surface area contributed by atoms with Gasteiger partial charge in [-0.3, -0.25) is 9.59 Å². The maximum absolute atomic E-state index is 13.7. The highest BCUT2D eigenvalue weighted by Crippen LogP contribution is 2.38. The van der Waals surface area contributed by atoms with Gasteiger partial charge >= 0.3 is 0 Å². The van der Waals surface area contributed by atoms with Crippen LogP contribution < -0.4 is 13.9 Å². The Morgan fingerprint density at radius 1 is 0.952 bits per heavy atom. The van der Waals surface area contributed by atoms with Crippen molar-refractivity contribution in [3.63, 3.8) is 0 Å². The maximum atomic E-state index is 13.7. The summed E-state index contributed by atoms with van der Waals surface area (Å²) in [6, 6.07) is 12.2. The third-order valence-corrected chi connectivity index (χ3v) is 12.2. The summed E-state index contributed by atoms with van der Waals surface area (Å²) in [6.07, 6.45) is 10.4. The molecule has 0 aromatic heterocycles. The molecule has 2 aromatic rings. The number of rotatable bonds is 11. The average molecular weight is 590 g/mol. The summed E-state index contributed by atoms with van der Waals surface area (Å²) < 4.78 is 17.3. The van der Waals surface area contributed by atoms with Gasteiger partial charge < -0.3 is 23.9 Å². The monoisotopic (exact) mass is 589 g/mol. The van der Waals surface area contributed by atoms with Crippen molar-refractivity contribution >= 4 is 20.0 Å². The molecule has 0 saturated carbocycles. The zero-order chi connectivity index (χ0) is 31.1. The number of aliphatic hydroxyl groups excluding tert-OH is 1. The minimum Gasteiger partial charge on any atom is -0.544 e. The molecule has 1 N–H and O–H groups in total. The molecule has 8 heteroatoms. The minimum atomic E-state index is -2.01. The number of carbonyl (C=O) groups is 2. The highest BCUT2D eigenvalue weighted by Gasteiger charge is 2.45. The van der Waals surface area contributed by atoms with Crippen LogP contribution in [0.3, 0.4) is 0 Å². The van der Waals surface area contributed by atoms with Gasteiger partial charge in [0.15, 0.2) is 5.78 Å². The summed E-state index contributed by atoms with van der Waals surface area (Å²) in [5.41, 5.74) is 1.37. The van der Waals surface area contributed by atoms with Crippen molar-refractivity contribution in [2.45, 2.75) is 64.8 Å². The smallest absolute Gasteiger partial charge is 0.262 e. The molecule has 0 radical (unpaired) electrons. The third kappa shape index (κ3) is 7.62. The molecule has 1 amide bonds. The predicted molar refractivity (Wildman–Crippen MR) is 170 cm³/mol. The molecule has 7 nitrogen and oxygen atoms in total. The molecule has 224 valence electrons. The van der Waals surface area contributed by atoms with E-state index in [4.69, 9.17) is 13.9 Å². The standard InChI is InChI=1S/C34H43NO6Si/c1-9-10-11-12-13-14-29(36)31-32(37)28(21-24-15-18-26(19-16-24)41-42(7,8)34(2,3)4)35(33(31)38)23-25-17-20-27(39-5)22-30(25)40-6/h9-20,22,28,36H,21,23H2,1-8H3/b10-9+,12-11+,14-13+,31-29-/t28-/m0/s1. The first kappa shape index (κ1) is 32.5. The molecule has 1 aliphatic rings. The molecule has 1 aliphatic heterocycles. The molecule has 0 unspecified atom stereocenters. The summed E-state index contributed by atoms with van der Waals surface area (Å²) in [7, 11) is 1.10. The second-order valence-electron chi connectivity index (χ2n) is 11.7. The number of methoxy groups -OCH3 is 2. The lowest BCUT2D eigenvalue weighted by atomic mass is 10.00. The number of allylic oxidation sites excluding steroid dienone is 6. The summed E-state index contributed by atoms with van der Waals surface area (Å²) in [4.78, 5) is 28.9. The number of benzene rings is 2. The fraction of sp³-hybridized carbons (Fsp3) is 0.353. The van der Waals surface area contributed by atoms with Crippen molar-refractivity contribution in [1.29, 1.82) is 0 Å². The van der Waals surface area contributed by atoms with E-state index in [1.807, 2.05) is 49.4 Å². The fourth-order valence-electron chi connectivity index (χ4n) is 4.32. The molecule has 2 aromatic carbocycles. The summed E-state index contributed by atoms with van der Waals surface area (Å²) in [5.74, 6) is 0.631. The molecule has 1 fully saturated rings. The number of hydrogen-bond donors (Lipinski definition) is 1. The lowest BCUT2D eigenvalue weighted by molar-refractivity contribution is -0.127. The van der Waals surface area contributed by atoms with Crippen LogP contribution in [0, 0.1) is 0 Å².